The van der Waals surface area contributed by atoms with Gasteiger partial charge in [-0.1, -0.05) is 44.2 Å². The van der Waals surface area contributed by atoms with Gasteiger partial charge in [-0.2, -0.15) is 0 Å². The van der Waals surface area contributed by atoms with E-state index in [2.05, 4.69) is 15.1 Å². The van der Waals surface area contributed by atoms with E-state index in [-0.39, 0.29) is 24.3 Å². The topological polar surface area (TPSA) is 78.9 Å². The molecule has 1 saturated heterocycles. The smallest absolute Gasteiger partial charge is 0.242 e. The van der Waals surface area contributed by atoms with E-state index in [4.69, 9.17) is 4.74 Å². The zero-order valence-corrected chi connectivity index (χ0v) is 18.5. The number of methoxy groups -OCH3 is 1. The zero-order chi connectivity index (χ0) is 22.2. The van der Waals surface area contributed by atoms with E-state index >= 15 is 0 Å². The van der Waals surface area contributed by atoms with E-state index in [0.29, 0.717) is 39.3 Å². The van der Waals surface area contributed by atoms with Crippen LogP contribution in [-0.2, 0) is 14.3 Å². The van der Waals surface area contributed by atoms with Crippen LogP contribution in [0.3, 0.4) is 0 Å². The Bertz CT molecular complexity index is 849. The minimum Gasteiger partial charge on any atom is -0.383 e. The minimum absolute atomic E-state index is 0.0298. The summed E-state index contributed by atoms with van der Waals surface area (Å²) in [6.07, 6.45) is 0. The van der Waals surface area contributed by atoms with E-state index in [1.165, 1.54) is 0 Å². The predicted octanol–water partition coefficient (Wildman–Crippen LogP) is 1.92. The number of carbonyl (C=O) groups is 2. The number of carbonyl (C=O) groups excluding carboxylic acids is 2. The second-order valence-electron chi connectivity index (χ2n) is 7.92. The molecule has 2 heterocycles. The normalized spacial score (nSPS) is 14.1. The number of aromatic nitrogens is 2. The number of rotatable bonds is 8. The van der Waals surface area contributed by atoms with Crippen LogP contribution in [0.1, 0.15) is 13.8 Å². The Morgan fingerprint density at radius 2 is 1.74 bits per heavy atom. The van der Waals surface area contributed by atoms with Crippen LogP contribution in [0, 0.1) is 5.92 Å². The molecule has 0 radical (unpaired) electrons. The second-order valence-corrected chi connectivity index (χ2v) is 7.92. The van der Waals surface area contributed by atoms with Crippen molar-refractivity contribution in [1.82, 2.24) is 20.0 Å². The second kappa shape index (κ2) is 10.9. The number of nitrogens with zero attached hydrogens (tertiary/aromatic N) is 5. The van der Waals surface area contributed by atoms with Crippen molar-refractivity contribution in [2.24, 2.45) is 5.92 Å². The summed E-state index contributed by atoms with van der Waals surface area (Å²) >= 11 is 0. The first-order valence-corrected chi connectivity index (χ1v) is 10.7. The fourth-order valence-corrected chi connectivity index (χ4v) is 3.54. The molecule has 31 heavy (non-hydrogen) atoms. The molecule has 3 rings (SSSR count). The predicted molar refractivity (Wildman–Crippen MR) is 120 cm³/mol. The molecule has 0 atom stereocenters. The van der Waals surface area contributed by atoms with Crippen LogP contribution in [-0.4, -0.2) is 84.8 Å². The summed E-state index contributed by atoms with van der Waals surface area (Å²) in [5, 5.41) is 8.73. The van der Waals surface area contributed by atoms with Crippen molar-refractivity contribution < 1.29 is 14.3 Å². The Labute approximate surface area is 183 Å². The lowest BCUT2D eigenvalue weighted by molar-refractivity contribution is -0.143. The highest BCUT2D eigenvalue weighted by atomic mass is 16.5. The Morgan fingerprint density at radius 1 is 1.03 bits per heavy atom. The number of hydrogen-bond acceptors (Lipinski definition) is 6. The first-order valence-electron chi connectivity index (χ1n) is 10.7. The molecule has 0 unspecified atom stereocenters. The third-order valence-corrected chi connectivity index (χ3v) is 5.37. The van der Waals surface area contributed by atoms with Crippen LogP contribution in [0.15, 0.2) is 42.5 Å². The Balaban J connectivity index is 1.54. The standard InChI is InChI=1S/C23H31N5O3/c1-18(2)23(30)28(15-16-31-3)17-22(29)27-13-11-26(12-14-27)21-10-9-20(24-25-21)19-7-5-4-6-8-19/h4-10,18H,11-17H2,1-3H3. The van der Waals surface area contributed by atoms with Crippen LogP contribution in [0.4, 0.5) is 5.82 Å². The Morgan fingerprint density at radius 3 is 2.32 bits per heavy atom. The molecule has 0 saturated carbocycles. The van der Waals surface area contributed by atoms with Crippen molar-refractivity contribution in [2.75, 3.05) is 57.9 Å². The molecule has 0 N–H and O–H groups in total. The summed E-state index contributed by atoms with van der Waals surface area (Å²) in [6.45, 7) is 7.16. The lowest BCUT2D eigenvalue weighted by Crippen LogP contribution is -2.52. The van der Waals surface area contributed by atoms with E-state index in [1.807, 2.05) is 61.2 Å². The molecule has 0 aliphatic carbocycles. The number of benzene rings is 1. The number of anilines is 1. The van der Waals surface area contributed by atoms with Crippen LogP contribution in [0.5, 0.6) is 0 Å². The molecule has 1 fully saturated rings. The lowest BCUT2D eigenvalue weighted by Gasteiger charge is -2.36. The molecule has 8 nitrogen and oxygen atoms in total. The highest BCUT2D eigenvalue weighted by molar-refractivity contribution is 5.85. The molecule has 8 heteroatoms. The maximum absolute atomic E-state index is 12.8. The fraction of sp³-hybridized carbons (Fsp3) is 0.478. The van der Waals surface area contributed by atoms with Crippen LogP contribution < -0.4 is 4.90 Å². The van der Waals surface area contributed by atoms with Crippen molar-refractivity contribution in [3.8, 4) is 11.3 Å². The number of hydrogen-bond donors (Lipinski definition) is 0. The monoisotopic (exact) mass is 425 g/mol. The number of amides is 2. The molecular weight excluding hydrogens is 394 g/mol. The van der Waals surface area contributed by atoms with E-state index in [9.17, 15) is 9.59 Å². The fourth-order valence-electron chi connectivity index (χ4n) is 3.54. The maximum atomic E-state index is 12.8. The Kier molecular flexibility index (Phi) is 7.94. The van der Waals surface area contributed by atoms with Gasteiger partial charge in [0.05, 0.1) is 18.8 Å². The van der Waals surface area contributed by atoms with Gasteiger partial charge in [-0.15, -0.1) is 10.2 Å². The molecule has 2 amide bonds. The van der Waals surface area contributed by atoms with Crippen molar-refractivity contribution in [3.05, 3.63) is 42.5 Å². The summed E-state index contributed by atoms with van der Waals surface area (Å²) in [5.74, 6) is 0.593. The maximum Gasteiger partial charge on any atom is 0.242 e. The third-order valence-electron chi connectivity index (χ3n) is 5.37. The highest BCUT2D eigenvalue weighted by Crippen LogP contribution is 2.19. The minimum atomic E-state index is -0.154. The van der Waals surface area contributed by atoms with Crippen molar-refractivity contribution >= 4 is 17.6 Å². The lowest BCUT2D eigenvalue weighted by atomic mass is 10.1. The summed E-state index contributed by atoms with van der Waals surface area (Å²) in [5.41, 5.74) is 1.87. The van der Waals surface area contributed by atoms with Crippen LogP contribution >= 0.6 is 0 Å². The average molecular weight is 426 g/mol. The highest BCUT2D eigenvalue weighted by Gasteiger charge is 2.26. The number of piperazine rings is 1. The van der Waals surface area contributed by atoms with E-state index < -0.39 is 0 Å². The molecule has 2 aromatic rings. The van der Waals surface area contributed by atoms with Crippen molar-refractivity contribution in [1.29, 1.82) is 0 Å². The van der Waals surface area contributed by atoms with Crippen LogP contribution in [0.25, 0.3) is 11.3 Å². The van der Waals surface area contributed by atoms with Gasteiger partial charge in [-0.25, -0.2) is 0 Å². The van der Waals surface area contributed by atoms with Gasteiger partial charge in [0.15, 0.2) is 5.82 Å². The first-order chi connectivity index (χ1) is 15.0. The summed E-state index contributed by atoms with van der Waals surface area (Å²) in [6, 6.07) is 13.9. The van der Waals surface area contributed by atoms with Gasteiger partial charge in [-0.3, -0.25) is 9.59 Å². The first kappa shape index (κ1) is 22.7. The van der Waals surface area contributed by atoms with Gasteiger partial charge in [0.1, 0.15) is 0 Å². The molecule has 1 aromatic carbocycles. The van der Waals surface area contributed by atoms with Crippen molar-refractivity contribution in [2.45, 2.75) is 13.8 Å². The molecule has 1 aliphatic rings. The molecule has 1 aliphatic heterocycles. The van der Waals surface area contributed by atoms with Gasteiger partial charge >= 0.3 is 0 Å². The third kappa shape index (κ3) is 6.01. The molecular formula is C23H31N5O3. The average Bonchev–Trinajstić information content (AvgIpc) is 2.82. The largest absolute Gasteiger partial charge is 0.383 e. The SMILES string of the molecule is COCCN(CC(=O)N1CCN(c2ccc(-c3ccccc3)nn2)CC1)C(=O)C(C)C. The molecule has 0 bridgehead atoms. The van der Waals surface area contributed by atoms with Gasteiger partial charge in [0, 0.05) is 51.3 Å². The molecule has 166 valence electrons. The van der Waals surface area contributed by atoms with Gasteiger partial charge < -0.3 is 19.4 Å². The zero-order valence-electron chi connectivity index (χ0n) is 18.5. The van der Waals surface area contributed by atoms with E-state index in [1.54, 1.807) is 12.0 Å². The Hall–Kier alpha value is -3.00. The summed E-state index contributed by atoms with van der Waals surface area (Å²) < 4.78 is 5.09. The number of ether oxygens (including phenoxy) is 1. The quantitative estimate of drug-likeness (QED) is 0.643. The van der Waals surface area contributed by atoms with Gasteiger partial charge in [-0.05, 0) is 12.1 Å². The van der Waals surface area contributed by atoms with Gasteiger partial charge in [0.25, 0.3) is 0 Å². The summed E-state index contributed by atoms with van der Waals surface area (Å²) in [7, 11) is 1.59. The van der Waals surface area contributed by atoms with E-state index in [0.717, 1.165) is 17.1 Å². The summed E-state index contributed by atoms with van der Waals surface area (Å²) in [4.78, 5) is 30.7. The van der Waals surface area contributed by atoms with Gasteiger partial charge in [0.2, 0.25) is 11.8 Å². The van der Waals surface area contributed by atoms with Crippen LogP contribution in [0.2, 0.25) is 0 Å². The van der Waals surface area contributed by atoms with Crippen molar-refractivity contribution in [3.63, 3.8) is 0 Å². The molecule has 0 spiro atoms. The molecule has 1 aromatic heterocycles.